The van der Waals surface area contributed by atoms with Gasteiger partial charge in [0.05, 0.1) is 5.56 Å². The smallest absolute Gasteiger partial charge is 0.357 e. The Morgan fingerprint density at radius 2 is 1.88 bits per heavy atom. The summed E-state index contributed by atoms with van der Waals surface area (Å²) in [6.45, 7) is 5.33. The van der Waals surface area contributed by atoms with Crippen LogP contribution in [-0.4, -0.2) is 29.0 Å². The topological polar surface area (TPSA) is 58.1 Å². The lowest BCUT2D eigenvalue weighted by Gasteiger charge is -2.19. The Labute approximate surface area is 137 Å². The molecule has 0 aliphatic rings. The number of alkyl halides is 3. The predicted molar refractivity (Wildman–Crippen MR) is 85.0 cm³/mol. The van der Waals surface area contributed by atoms with E-state index < -0.39 is 17.6 Å². The predicted octanol–water partition coefficient (Wildman–Crippen LogP) is 3.59. The summed E-state index contributed by atoms with van der Waals surface area (Å²) < 4.78 is 38.1. The zero-order chi connectivity index (χ0) is 17.7. The molecule has 0 bridgehead atoms. The summed E-state index contributed by atoms with van der Waals surface area (Å²) in [7, 11) is 0. The zero-order valence-electron chi connectivity index (χ0n) is 13.3. The van der Waals surface area contributed by atoms with E-state index in [0.29, 0.717) is 18.9 Å². The molecule has 5 nitrogen and oxygen atoms in total. The Morgan fingerprint density at radius 1 is 1.17 bits per heavy atom. The van der Waals surface area contributed by atoms with Gasteiger partial charge in [-0.05, 0) is 32.0 Å². The van der Waals surface area contributed by atoms with Crippen LogP contribution in [0.15, 0.2) is 36.7 Å². The van der Waals surface area contributed by atoms with Crippen molar-refractivity contribution >= 4 is 17.4 Å². The standard InChI is InChI=1S/C16H17F3N4O/c1-3-23(4-2)14-9-13(20-10-21-14)15(24)22-12-7-5-6-11(8-12)16(17,18)19/h5-10H,3-4H2,1-2H3,(H,22,24). The number of nitrogens with one attached hydrogen (secondary N) is 1. The second kappa shape index (κ2) is 7.29. The van der Waals surface area contributed by atoms with Gasteiger partial charge in [0.2, 0.25) is 0 Å². The summed E-state index contributed by atoms with van der Waals surface area (Å²) >= 11 is 0. The Morgan fingerprint density at radius 3 is 2.50 bits per heavy atom. The molecule has 128 valence electrons. The lowest BCUT2D eigenvalue weighted by atomic mass is 10.2. The van der Waals surface area contributed by atoms with Gasteiger partial charge in [0.15, 0.2) is 0 Å². The van der Waals surface area contributed by atoms with Crippen LogP contribution in [0.25, 0.3) is 0 Å². The number of halogens is 3. The first-order valence-corrected chi connectivity index (χ1v) is 7.40. The molecule has 0 fully saturated rings. The van der Waals surface area contributed by atoms with Crippen LogP contribution in [0.5, 0.6) is 0 Å². The SMILES string of the molecule is CCN(CC)c1cc(C(=O)Nc2cccc(C(F)(F)F)c2)ncn1. The van der Waals surface area contributed by atoms with Gasteiger partial charge in [-0.2, -0.15) is 13.2 Å². The number of amides is 1. The maximum atomic E-state index is 12.7. The fraction of sp³-hybridized carbons (Fsp3) is 0.312. The molecule has 0 atom stereocenters. The summed E-state index contributed by atoms with van der Waals surface area (Å²) in [4.78, 5) is 22.1. The van der Waals surface area contributed by atoms with E-state index in [2.05, 4.69) is 15.3 Å². The van der Waals surface area contributed by atoms with Crippen LogP contribution >= 0.6 is 0 Å². The molecule has 0 radical (unpaired) electrons. The van der Waals surface area contributed by atoms with Gasteiger partial charge < -0.3 is 10.2 Å². The van der Waals surface area contributed by atoms with Gasteiger partial charge >= 0.3 is 6.18 Å². The number of carbonyl (C=O) groups excluding carboxylic acids is 1. The highest BCUT2D eigenvalue weighted by Gasteiger charge is 2.30. The first-order valence-electron chi connectivity index (χ1n) is 7.40. The molecule has 1 amide bonds. The van der Waals surface area contributed by atoms with E-state index in [-0.39, 0.29) is 11.4 Å². The second-order valence-corrected chi connectivity index (χ2v) is 4.97. The molecule has 1 aromatic carbocycles. The van der Waals surface area contributed by atoms with Crippen LogP contribution in [0, 0.1) is 0 Å². The van der Waals surface area contributed by atoms with Gasteiger partial charge in [0, 0.05) is 24.8 Å². The number of hydrogen-bond acceptors (Lipinski definition) is 4. The minimum atomic E-state index is -4.47. The number of hydrogen-bond donors (Lipinski definition) is 1. The largest absolute Gasteiger partial charge is 0.416 e. The molecule has 2 aromatic rings. The molecule has 1 N–H and O–H groups in total. The molecule has 0 saturated carbocycles. The first-order chi connectivity index (χ1) is 11.3. The monoisotopic (exact) mass is 338 g/mol. The van der Waals surface area contributed by atoms with Crippen LogP contribution < -0.4 is 10.2 Å². The van der Waals surface area contributed by atoms with Crippen LogP contribution in [0.3, 0.4) is 0 Å². The van der Waals surface area contributed by atoms with E-state index in [4.69, 9.17) is 0 Å². The molecule has 0 aliphatic heterocycles. The zero-order valence-corrected chi connectivity index (χ0v) is 13.3. The Balaban J connectivity index is 2.20. The van der Waals surface area contributed by atoms with Crippen molar-refractivity contribution in [2.45, 2.75) is 20.0 Å². The molecule has 8 heteroatoms. The van der Waals surface area contributed by atoms with Gasteiger partial charge in [0.1, 0.15) is 17.8 Å². The molecule has 0 saturated heterocycles. The molecular weight excluding hydrogens is 321 g/mol. The molecule has 0 spiro atoms. The summed E-state index contributed by atoms with van der Waals surface area (Å²) in [5, 5.41) is 2.43. The van der Waals surface area contributed by atoms with E-state index >= 15 is 0 Å². The van der Waals surface area contributed by atoms with Gasteiger partial charge in [-0.15, -0.1) is 0 Å². The van der Waals surface area contributed by atoms with Gasteiger partial charge in [0.25, 0.3) is 5.91 Å². The second-order valence-electron chi connectivity index (χ2n) is 4.97. The summed E-state index contributed by atoms with van der Waals surface area (Å²) in [5.41, 5.74) is -0.686. The lowest BCUT2D eigenvalue weighted by molar-refractivity contribution is -0.137. The Hall–Kier alpha value is -2.64. The highest BCUT2D eigenvalue weighted by Crippen LogP contribution is 2.30. The third kappa shape index (κ3) is 4.21. The van der Waals surface area contributed by atoms with E-state index in [1.807, 2.05) is 18.7 Å². The van der Waals surface area contributed by atoms with E-state index in [0.717, 1.165) is 12.1 Å². The fourth-order valence-corrected chi connectivity index (χ4v) is 2.16. The molecule has 2 rings (SSSR count). The molecule has 1 aromatic heterocycles. The highest BCUT2D eigenvalue weighted by molar-refractivity contribution is 6.03. The van der Waals surface area contributed by atoms with Crippen molar-refractivity contribution in [3.63, 3.8) is 0 Å². The number of anilines is 2. The number of aromatic nitrogens is 2. The fourth-order valence-electron chi connectivity index (χ4n) is 2.16. The summed E-state index contributed by atoms with van der Waals surface area (Å²) in [5.74, 6) is -0.00526. The van der Waals surface area contributed by atoms with E-state index in [9.17, 15) is 18.0 Å². The van der Waals surface area contributed by atoms with Crippen molar-refractivity contribution in [3.05, 3.63) is 47.9 Å². The maximum absolute atomic E-state index is 12.7. The minimum Gasteiger partial charge on any atom is -0.357 e. The van der Waals surface area contributed by atoms with Crippen molar-refractivity contribution in [1.82, 2.24) is 9.97 Å². The van der Waals surface area contributed by atoms with Crippen molar-refractivity contribution in [3.8, 4) is 0 Å². The summed E-state index contributed by atoms with van der Waals surface area (Å²) in [6.07, 6.45) is -3.21. The van der Waals surface area contributed by atoms with Crippen LogP contribution in [-0.2, 0) is 6.18 Å². The average molecular weight is 338 g/mol. The number of rotatable bonds is 5. The molecule has 0 aliphatic carbocycles. The number of benzene rings is 1. The van der Waals surface area contributed by atoms with Crippen molar-refractivity contribution in [1.29, 1.82) is 0 Å². The Bertz CT molecular complexity index is 714. The lowest BCUT2D eigenvalue weighted by Crippen LogP contribution is -2.24. The van der Waals surface area contributed by atoms with Crippen molar-refractivity contribution < 1.29 is 18.0 Å². The third-order valence-electron chi connectivity index (χ3n) is 3.42. The minimum absolute atomic E-state index is 0.0535. The molecule has 24 heavy (non-hydrogen) atoms. The van der Waals surface area contributed by atoms with Gasteiger partial charge in [-0.1, -0.05) is 6.07 Å². The van der Waals surface area contributed by atoms with E-state index in [1.165, 1.54) is 24.5 Å². The number of carbonyl (C=O) groups is 1. The normalized spacial score (nSPS) is 11.2. The van der Waals surface area contributed by atoms with Crippen LogP contribution in [0.4, 0.5) is 24.7 Å². The van der Waals surface area contributed by atoms with Crippen molar-refractivity contribution in [2.75, 3.05) is 23.3 Å². The van der Waals surface area contributed by atoms with Crippen molar-refractivity contribution in [2.24, 2.45) is 0 Å². The maximum Gasteiger partial charge on any atom is 0.416 e. The Kier molecular flexibility index (Phi) is 5.38. The highest BCUT2D eigenvalue weighted by atomic mass is 19.4. The molecule has 0 unspecified atom stereocenters. The van der Waals surface area contributed by atoms with E-state index in [1.54, 1.807) is 0 Å². The van der Waals surface area contributed by atoms with Crippen LogP contribution in [0.1, 0.15) is 29.9 Å². The van der Waals surface area contributed by atoms with Crippen LogP contribution in [0.2, 0.25) is 0 Å². The first kappa shape index (κ1) is 17.7. The number of nitrogens with zero attached hydrogens (tertiary/aromatic N) is 3. The summed E-state index contributed by atoms with van der Waals surface area (Å²) in [6, 6.07) is 5.96. The average Bonchev–Trinajstić information content (AvgIpc) is 2.56. The van der Waals surface area contributed by atoms with Gasteiger partial charge in [-0.25, -0.2) is 9.97 Å². The quantitative estimate of drug-likeness (QED) is 0.905. The van der Waals surface area contributed by atoms with Gasteiger partial charge in [-0.3, -0.25) is 4.79 Å². The third-order valence-corrected chi connectivity index (χ3v) is 3.42. The molecule has 1 heterocycles. The molecular formula is C16H17F3N4O.